The summed E-state index contributed by atoms with van der Waals surface area (Å²) < 4.78 is 14.2. The number of nitrogens with zero attached hydrogens (tertiary/aromatic N) is 1. The summed E-state index contributed by atoms with van der Waals surface area (Å²) in [4.78, 5) is 3.90. The van der Waals surface area contributed by atoms with Gasteiger partial charge < -0.3 is 5.32 Å². The van der Waals surface area contributed by atoms with Gasteiger partial charge in [-0.15, -0.1) is 0 Å². The smallest absolute Gasteiger partial charge is 0.144 e. The zero-order valence-electron chi connectivity index (χ0n) is 13.4. The topological polar surface area (TPSA) is 24.9 Å². The third kappa shape index (κ3) is 4.50. The molecule has 1 saturated carbocycles. The van der Waals surface area contributed by atoms with Crippen LogP contribution in [0.3, 0.4) is 0 Å². The first-order chi connectivity index (χ1) is 10.3. The van der Waals surface area contributed by atoms with Crippen LogP contribution in [-0.2, 0) is 0 Å². The lowest BCUT2D eigenvalue weighted by molar-refractivity contribution is 0.217. The lowest BCUT2D eigenvalue weighted by atomic mass is 9.70. The molecule has 0 bridgehead atoms. The first-order valence-electron chi connectivity index (χ1n) is 8.56. The van der Waals surface area contributed by atoms with Crippen LogP contribution in [0, 0.1) is 17.7 Å². The SMILES string of the molecule is CCCNCC1CCC(CCC)CC1c1ccncc1F. The van der Waals surface area contributed by atoms with Gasteiger partial charge in [0, 0.05) is 6.20 Å². The quantitative estimate of drug-likeness (QED) is 0.747. The summed E-state index contributed by atoms with van der Waals surface area (Å²) in [5.74, 6) is 1.54. The van der Waals surface area contributed by atoms with Crippen LogP contribution in [0.15, 0.2) is 18.5 Å². The number of rotatable bonds is 7. The average Bonchev–Trinajstić information content (AvgIpc) is 2.50. The van der Waals surface area contributed by atoms with Crippen LogP contribution in [0.2, 0.25) is 0 Å². The lowest BCUT2D eigenvalue weighted by Gasteiger charge is -2.37. The highest BCUT2D eigenvalue weighted by molar-refractivity contribution is 5.20. The summed E-state index contributed by atoms with van der Waals surface area (Å²) >= 11 is 0. The van der Waals surface area contributed by atoms with Crippen molar-refractivity contribution in [1.82, 2.24) is 10.3 Å². The molecule has 1 fully saturated rings. The Labute approximate surface area is 128 Å². The van der Waals surface area contributed by atoms with Crippen LogP contribution < -0.4 is 5.32 Å². The zero-order valence-corrected chi connectivity index (χ0v) is 13.4. The fourth-order valence-corrected chi connectivity index (χ4v) is 3.77. The molecule has 2 nitrogen and oxygen atoms in total. The van der Waals surface area contributed by atoms with Crippen molar-refractivity contribution >= 4 is 0 Å². The number of hydrogen-bond acceptors (Lipinski definition) is 2. The predicted molar refractivity (Wildman–Crippen MR) is 85.8 cm³/mol. The summed E-state index contributed by atoms with van der Waals surface area (Å²) in [6.45, 7) is 6.50. The molecule has 1 aromatic rings. The van der Waals surface area contributed by atoms with Crippen molar-refractivity contribution in [2.45, 2.75) is 58.3 Å². The van der Waals surface area contributed by atoms with Crippen molar-refractivity contribution in [3.05, 3.63) is 29.8 Å². The zero-order chi connectivity index (χ0) is 15.1. The third-order valence-electron chi connectivity index (χ3n) is 4.84. The van der Waals surface area contributed by atoms with E-state index < -0.39 is 0 Å². The normalized spacial score (nSPS) is 26.0. The largest absolute Gasteiger partial charge is 0.316 e. The molecule has 1 aromatic heterocycles. The number of hydrogen-bond donors (Lipinski definition) is 1. The minimum Gasteiger partial charge on any atom is -0.316 e. The van der Waals surface area contributed by atoms with E-state index in [1.165, 1.54) is 31.9 Å². The second-order valence-electron chi connectivity index (χ2n) is 6.44. The highest BCUT2D eigenvalue weighted by Gasteiger charge is 2.32. The van der Waals surface area contributed by atoms with Gasteiger partial charge in [-0.1, -0.05) is 33.1 Å². The molecule has 0 spiro atoms. The van der Waals surface area contributed by atoms with E-state index in [-0.39, 0.29) is 5.82 Å². The van der Waals surface area contributed by atoms with Crippen LogP contribution in [0.1, 0.15) is 63.9 Å². The van der Waals surface area contributed by atoms with Gasteiger partial charge in [0.05, 0.1) is 6.20 Å². The van der Waals surface area contributed by atoms with Gasteiger partial charge in [0.15, 0.2) is 0 Å². The van der Waals surface area contributed by atoms with E-state index in [0.29, 0.717) is 11.8 Å². The van der Waals surface area contributed by atoms with Gasteiger partial charge >= 0.3 is 0 Å². The van der Waals surface area contributed by atoms with E-state index in [9.17, 15) is 4.39 Å². The van der Waals surface area contributed by atoms with Gasteiger partial charge in [0.1, 0.15) is 5.82 Å². The minimum absolute atomic E-state index is 0.125. The summed E-state index contributed by atoms with van der Waals surface area (Å²) in [5.41, 5.74) is 0.883. The predicted octanol–water partition coefficient (Wildman–Crippen LogP) is 4.52. The molecule has 21 heavy (non-hydrogen) atoms. The summed E-state index contributed by atoms with van der Waals surface area (Å²) in [5, 5.41) is 3.53. The van der Waals surface area contributed by atoms with E-state index >= 15 is 0 Å². The van der Waals surface area contributed by atoms with Crippen LogP contribution >= 0.6 is 0 Å². The molecular weight excluding hydrogens is 263 g/mol. The summed E-state index contributed by atoms with van der Waals surface area (Å²) in [6.07, 6.45) is 10.4. The van der Waals surface area contributed by atoms with Gasteiger partial charge in [-0.25, -0.2) is 4.39 Å². The highest BCUT2D eigenvalue weighted by atomic mass is 19.1. The molecule has 3 atom stereocenters. The molecule has 0 aliphatic heterocycles. The van der Waals surface area contributed by atoms with E-state index in [4.69, 9.17) is 0 Å². The van der Waals surface area contributed by atoms with Crippen LogP contribution in [0.25, 0.3) is 0 Å². The number of aromatic nitrogens is 1. The van der Waals surface area contributed by atoms with Crippen molar-refractivity contribution < 1.29 is 4.39 Å². The minimum atomic E-state index is -0.125. The Balaban J connectivity index is 2.10. The Bertz CT molecular complexity index is 421. The van der Waals surface area contributed by atoms with Crippen molar-refractivity contribution in [3.8, 4) is 0 Å². The van der Waals surface area contributed by atoms with Gasteiger partial charge in [-0.05, 0) is 61.7 Å². The maximum Gasteiger partial charge on any atom is 0.144 e. The molecule has 1 heterocycles. The van der Waals surface area contributed by atoms with Crippen LogP contribution in [-0.4, -0.2) is 18.1 Å². The Morgan fingerprint density at radius 3 is 2.86 bits per heavy atom. The van der Waals surface area contributed by atoms with Gasteiger partial charge in [-0.3, -0.25) is 4.98 Å². The standard InChI is InChI=1S/C18H29FN2/c1-3-5-14-6-7-15(12-20-9-4-2)17(11-14)16-8-10-21-13-18(16)19/h8,10,13-15,17,20H,3-7,9,11-12H2,1-2H3. The summed E-state index contributed by atoms with van der Waals surface area (Å²) in [6, 6.07) is 1.89. The Morgan fingerprint density at radius 1 is 1.29 bits per heavy atom. The molecule has 0 radical (unpaired) electrons. The molecular formula is C18H29FN2. The monoisotopic (exact) mass is 292 g/mol. The molecule has 3 heteroatoms. The molecule has 0 saturated heterocycles. The lowest BCUT2D eigenvalue weighted by Crippen LogP contribution is -2.32. The van der Waals surface area contributed by atoms with E-state index in [2.05, 4.69) is 24.1 Å². The van der Waals surface area contributed by atoms with Crippen molar-refractivity contribution in [2.24, 2.45) is 11.8 Å². The second kappa shape index (κ2) is 8.47. The maximum atomic E-state index is 14.2. The van der Waals surface area contributed by atoms with E-state index in [1.54, 1.807) is 6.20 Å². The average molecular weight is 292 g/mol. The van der Waals surface area contributed by atoms with Gasteiger partial charge in [0.25, 0.3) is 0 Å². The number of halogens is 1. The van der Waals surface area contributed by atoms with Crippen molar-refractivity contribution in [2.75, 3.05) is 13.1 Å². The number of pyridine rings is 1. The highest BCUT2D eigenvalue weighted by Crippen LogP contribution is 2.42. The van der Waals surface area contributed by atoms with Gasteiger partial charge in [-0.2, -0.15) is 0 Å². The molecule has 0 amide bonds. The molecule has 1 aliphatic rings. The summed E-state index contributed by atoms with van der Waals surface area (Å²) in [7, 11) is 0. The first-order valence-corrected chi connectivity index (χ1v) is 8.56. The fourth-order valence-electron chi connectivity index (χ4n) is 3.77. The van der Waals surface area contributed by atoms with E-state index in [0.717, 1.165) is 37.4 Å². The van der Waals surface area contributed by atoms with Crippen LogP contribution in [0.4, 0.5) is 4.39 Å². The molecule has 3 unspecified atom stereocenters. The van der Waals surface area contributed by atoms with Crippen molar-refractivity contribution in [3.63, 3.8) is 0 Å². The Morgan fingerprint density at radius 2 is 2.14 bits per heavy atom. The Kier molecular flexibility index (Phi) is 6.62. The molecule has 118 valence electrons. The number of nitrogens with one attached hydrogen (secondary N) is 1. The van der Waals surface area contributed by atoms with Gasteiger partial charge in [0.2, 0.25) is 0 Å². The third-order valence-corrected chi connectivity index (χ3v) is 4.84. The van der Waals surface area contributed by atoms with Crippen LogP contribution in [0.5, 0.6) is 0 Å². The molecule has 1 aliphatic carbocycles. The second-order valence-corrected chi connectivity index (χ2v) is 6.44. The molecule has 1 N–H and O–H groups in total. The molecule has 2 rings (SSSR count). The van der Waals surface area contributed by atoms with E-state index in [1.807, 2.05) is 6.07 Å². The molecule has 0 aromatic carbocycles. The maximum absolute atomic E-state index is 14.2. The first kappa shape index (κ1) is 16.4. The fraction of sp³-hybridized carbons (Fsp3) is 0.722. The van der Waals surface area contributed by atoms with Crippen molar-refractivity contribution in [1.29, 1.82) is 0 Å². The Hall–Kier alpha value is -0.960.